The van der Waals surface area contributed by atoms with E-state index >= 15 is 0 Å². The van der Waals surface area contributed by atoms with Crippen molar-refractivity contribution in [1.82, 2.24) is 24.5 Å². The lowest BCUT2D eigenvalue weighted by Crippen LogP contribution is -2.42. The molecule has 1 aromatic carbocycles. The molecule has 6 nitrogen and oxygen atoms in total. The molecule has 0 saturated carbocycles. The summed E-state index contributed by atoms with van der Waals surface area (Å²) in [5.74, 6) is 0.210. The van der Waals surface area contributed by atoms with E-state index in [2.05, 4.69) is 22.0 Å². The molecule has 0 radical (unpaired) electrons. The number of fused-ring (bicyclic) bond motifs is 2. The third kappa shape index (κ3) is 3.37. The zero-order chi connectivity index (χ0) is 21.7. The number of amides is 1. The van der Waals surface area contributed by atoms with Crippen molar-refractivity contribution in [1.29, 1.82) is 0 Å². The number of hydrogen-bond donors (Lipinski definition) is 0. The second-order valence-corrected chi connectivity index (χ2v) is 9.11. The van der Waals surface area contributed by atoms with Crippen LogP contribution in [0.5, 0.6) is 0 Å². The smallest absolute Gasteiger partial charge is 0.280 e. The maximum Gasteiger partial charge on any atom is 0.280 e. The minimum absolute atomic E-state index is 0.00595. The van der Waals surface area contributed by atoms with Crippen LogP contribution in [0.2, 0.25) is 0 Å². The van der Waals surface area contributed by atoms with Crippen molar-refractivity contribution in [3.8, 4) is 0 Å². The van der Waals surface area contributed by atoms with E-state index in [0.29, 0.717) is 18.8 Å². The molecular weight excluding hydrogens is 420 g/mol. The summed E-state index contributed by atoms with van der Waals surface area (Å²) in [5.41, 5.74) is 1.30. The summed E-state index contributed by atoms with van der Waals surface area (Å²) >= 11 is 1.51. The number of piperidine rings is 1. The fourth-order valence-electron chi connectivity index (χ4n) is 4.39. The standard InChI is InChI=1S/C22H21F2N5OS/c1-12-7-8-28(21(30)19-13(2)14-5-3-4-6-18(14)31-19)10-15(12)17-9-16(20(23)24)27-22-25-11-26-29(17)22/h3-6,9,11-12,15,20H,7-8,10H2,1-2H3/t12?,15-/m1/s1. The van der Waals surface area contributed by atoms with Crippen molar-refractivity contribution in [2.24, 2.45) is 5.92 Å². The number of rotatable bonds is 3. The number of nitrogens with zero attached hydrogens (tertiary/aromatic N) is 5. The molecule has 4 heterocycles. The van der Waals surface area contributed by atoms with Crippen molar-refractivity contribution in [2.45, 2.75) is 32.6 Å². The Morgan fingerprint density at radius 3 is 2.87 bits per heavy atom. The van der Waals surface area contributed by atoms with Crippen LogP contribution in [0, 0.1) is 12.8 Å². The first-order chi connectivity index (χ1) is 14.9. The lowest BCUT2D eigenvalue weighted by atomic mass is 9.84. The number of aromatic nitrogens is 4. The van der Waals surface area contributed by atoms with Crippen LogP contribution in [-0.2, 0) is 0 Å². The molecule has 5 rings (SSSR count). The number of benzene rings is 1. The fourth-order valence-corrected chi connectivity index (χ4v) is 5.57. The number of hydrogen-bond acceptors (Lipinski definition) is 5. The van der Waals surface area contributed by atoms with Gasteiger partial charge in [-0.15, -0.1) is 11.3 Å². The predicted molar refractivity (Wildman–Crippen MR) is 115 cm³/mol. The van der Waals surface area contributed by atoms with Gasteiger partial charge >= 0.3 is 0 Å². The summed E-state index contributed by atoms with van der Waals surface area (Å²) in [5, 5.41) is 5.29. The number of alkyl halides is 2. The first-order valence-corrected chi connectivity index (χ1v) is 11.0. The maximum absolute atomic E-state index is 13.4. The summed E-state index contributed by atoms with van der Waals surface area (Å²) in [7, 11) is 0. The van der Waals surface area contributed by atoms with Gasteiger partial charge in [0.15, 0.2) is 0 Å². The van der Waals surface area contributed by atoms with Crippen LogP contribution >= 0.6 is 11.3 Å². The third-order valence-corrected chi connectivity index (χ3v) is 7.45. The van der Waals surface area contributed by atoms with Gasteiger partial charge in [0, 0.05) is 23.7 Å². The topological polar surface area (TPSA) is 63.4 Å². The third-order valence-electron chi connectivity index (χ3n) is 6.19. The van der Waals surface area contributed by atoms with Gasteiger partial charge in [0.25, 0.3) is 18.1 Å². The van der Waals surface area contributed by atoms with E-state index in [1.807, 2.05) is 36.1 Å². The molecule has 1 saturated heterocycles. The van der Waals surface area contributed by atoms with Gasteiger partial charge in [-0.3, -0.25) is 4.79 Å². The van der Waals surface area contributed by atoms with Crippen LogP contribution in [0.15, 0.2) is 36.7 Å². The van der Waals surface area contributed by atoms with Crippen LogP contribution in [0.3, 0.4) is 0 Å². The highest BCUT2D eigenvalue weighted by Gasteiger charge is 2.34. The second-order valence-electron chi connectivity index (χ2n) is 8.05. The highest BCUT2D eigenvalue weighted by molar-refractivity contribution is 7.21. The van der Waals surface area contributed by atoms with Crippen LogP contribution < -0.4 is 0 Å². The quantitative estimate of drug-likeness (QED) is 0.456. The monoisotopic (exact) mass is 441 g/mol. The molecule has 0 aliphatic carbocycles. The molecule has 0 N–H and O–H groups in total. The summed E-state index contributed by atoms with van der Waals surface area (Å²) < 4.78 is 29.5. The molecule has 9 heteroatoms. The summed E-state index contributed by atoms with van der Waals surface area (Å²) in [6, 6.07) is 9.41. The van der Waals surface area contributed by atoms with Gasteiger partial charge in [0.2, 0.25) is 0 Å². The number of carbonyl (C=O) groups is 1. The molecule has 0 spiro atoms. The highest BCUT2D eigenvalue weighted by atomic mass is 32.1. The lowest BCUT2D eigenvalue weighted by molar-refractivity contribution is 0.0669. The fraction of sp³-hybridized carbons (Fsp3) is 0.364. The van der Waals surface area contributed by atoms with Gasteiger partial charge in [-0.25, -0.2) is 18.3 Å². The Morgan fingerprint density at radius 2 is 2.10 bits per heavy atom. The first-order valence-electron chi connectivity index (χ1n) is 10.2. The van der Waals surface area contributed by atoms with Crippen molar-refractivity contribution >= 4 is 33.1 Å². The average Bonchev–Trinajstić information content (AvgIpc) is 3.38. The molecule has 31 heavy (non-hydrogen) atoms. The minimum Gasteiger partial charge on any atom is -0.337 e. The van der Waals surface area contributed by atoms with Gasteiger partial charge in [0.05, 0.1) is 10.6 Å². The summed E-state index contributed by atoms with van der Waals surface area (Å²) in [4.78, 5) is 23.9. The Hall–Kier alpha value is -2.94. The Balaban J connectivity index is 1.51. The van der Waals surface area contributed by atoms with Gasteiger partial charge in [-0.1, -0.05) is 25.1 Å². The zero-order valence-corrected chi connectivity index (χ0v) is 17.9. The SMILES string of the molecule is Cc1c(C(=O)N2CCC(C)[C@H](c3cc(C(F)F)nc4ncnn34)C2)sc2ccccc12. The largest absolute Gasteiger partial charge is 0.337 e. The number of thiophene rings is 1. The maximum atomic E-state index is 13.4. The molecule has 1 aliphatic heterocycles. The molecule has 4 aromatic rings. The minimum atomic E-state index is -2.70. The van der Waals surface area contributed by atoms with Gasteiger partial charge < -0.3 is 4.90 Å². The number of carbonyl (C=O) groups excluding carboxylic acids is 1. The van der Waals surface area contributed by atoms with Gasteiger partial charge in [-0.05, 0) is 42.3 Å². The number of halogens is 2. The lowest BCUT2D eigenvalue weighted by Gasteiger charge is -2.37. The average molecular weight is 442 g/mol. The Labute approximate surface area is 181 Å². The van der Waals surface area contributed by atoms with Crippen molar-refractivity contribution in [3.05, 3.63) is 58.5 Å². The van der Waals surface area contributed by atoms with Gasteiger partial charge in [-0.2, -0.15) is 10.1 Å². The normalized spacial score (nSPS) is 19.6. The van der Waals surface area contributed by atoms with E-state index in [0.717, 1.165) is 26.9 Å². The second kappa shape index (κ2) is 7.64. The van der Waals surface area contributed by atoms with E-state index in [9.17, 15) is 13.6 Å². The van der Waals surface area contributed by atoms with Crippen molar-refractivity contribution in [3.63, 3.8) is 0 Å². The van der Waals surface area contributed by atoms with Crippen LogP contribution in [0.25, 0.3) is 15.9 Å². The van der Waals surface area contributed by atoms with E-state index in [4.69, 9.17) is 0 Å². The molecule has 0 bridgehead atoms. The molecule has 3 aromatic heterocycles. The molecule has 1 unspecified atom stereocenters. The van der Waals surface area contributed by atoms with E-state index < -0.39 is 6.43 Å². The van der Waals surface area contributed by atoms with Gasteiger partial charge in [0.1, 0.15) is 12.0 Å². The molecular formula is C22H21F2N5OS. The molecule has 1 aliphatic rings. The van der Waals surface area contributed by atoms with Crippen LogP contribution in [0.1, 0.15) is 52.3 Å². The van der Waals surface area contributed by atoms with Crippen molar-refractivity contribution in [2.75, 3.05) is 13.1 Å². The molecule has 2 atom stereocenters. The molecule has 1 fully saturated rings. The Morgan fingerprint density at radius 1 is 1.29 bits per heavy atom. The summed E-state index contributed by atoms with van der Waals surface area (Å²) in [6.07, 6.45) is -0.598. The molecule has 1 amide bonds. The Bertz CT molecular complexity index is 1280. The summed E-state index contributed by atoms with van der Waals surface area (Å²) in [6.45, 7) is 5.14. The molecule has 160 valence electrons. The number of aryl methyl sites for hydroxylation is 1. The number of likely N-dealkylation sites (tertiary alicyclic amines) is 1. The van der Waals surface area contributed by atoms with E-state index in [1.54, 1.807) is 0 Å². The zero-order valence-electron chi connectivity index (χ0n) is 17.1. The van der Waals surface area contributed by atoms with E-state index in [-0.39, 0.29) is 29.2 Å². The first kappa shape index (κ1) is 20.0. The van der Waals surface area contributed by atoms with Crippen LogP contribution in [0.4, 0.5) is 8.78 Å². The Kier molecular flexibility index (Phi) is 4.92. The highest BCUT2D eigenvalue weighted by Crippen LogP contribution is 2.36. The predicted octanol–water partition coefficient (Wildman–Crippen LogP) is 4.85. The van der Waals surface area contributed by atoms with Crippen molar-refractivity contribution < 1.29 is 13.6 Å². The van der Waals surface area contributed by atoms with E-state index in [1.165, 1.54) is 28.2 Å². The van der Waals surface area contributed by atoms with Crippen LogP contribution in [-0.4, -0.2) is 43.5 Å².